The first-order valence-electron chi connectivity index (χ1n) is 9.05. The number of thioether (sulfide) groups is 1. The Morgan fingerprint density at radius 3 is 2.64 bits per heavy atom. The van der Waals surface area contributed by atoms with E-state index < -0.39 is 18.1 Å². The number of ketones is 1. The topological polar surface area (TPSA) is 76.8 Å². The number of carbonyl (C=O) groups excluding carboxylic acids is 3. The molecule has 0 spiro atoms. The Labute approximate surface area is 168 Å². The molecule has 148 valence electrons. The highest BCUT2D eigenvalue weighted by Crippen LogP contribution is 2.41. The van der Waals surface area contributed by atoms with E-state index in [-0.39, 0.29) is 17.1 Å². The maximum atomic E-state index is 12.8. The molecule has 3 atom stereocenters. The highest BCUT2D eigenvalue weighted by molar-refractivity contribution is 7.99. The summed E-state index contributed by atoms with van der Waals surface area (Å²) in [5.74, 6) is -0.0920. The zero-order chi connectivity index (χ0) is 20.4. The summed E-state index contributed by atoms with van der Waals surface area (Å²) in [5.41, 5.74) is 2.33. The third kappa shape index (κ3) is 3.99. The van der Waals surface area contributed by atoms with Crippen LogP contribution in [0.2, 0.25) is 0 Å². The fourth-order valence-corrected chi connectivity index (χ4v) is 4.67. The summed E-state index contributed by atoms with van der Waals surface area (Å²) >= 11 is 1.43. The molecule has 1 aliphatic heterocycles. The number of amides is 1. The van der Waals surface area contributed by atoms with Crippen molar-refractivity contribution in [1.29, 1.82) is 0 Å². The molecule has 1 amide bonds. The van der Waals surface area contributed by atoms with Gasteiger partial charge in [-0.15, -0.1) is 11.8 Å². The number of benzene rings is 1. The van der Waals surface area contributed by atoms with Gasteiger partial charge in [0.2, 0.25) is 11.7 Å². The lowest BCUT2D eigenvalue weighted by Gasteiger charge is -2.26. The fourth-order valence-electron chi connectivity index (χ4n) is 3.25. The molecule has 3 rings (SSSR count). The van der Waals surface area contributed by atoms with Gasteiger partial charge in [-0.3, -0.25) is 9.59 Å². The van der Waals surface area contributed by atoms with Crippen molar-refractivity contribution in [3.63, 3.8) is 0 Å². The Hall–Kier alpha value is -2.54. The summed E-state index contributed by atoms with van der Waals surface area (Å²) < 4.78 is 10.9. The summed E-state index contributed by atoms with van der Waals surface area (Å²) in [6.45, 7) is 6.72. The SMILES string of the molecule is CC(=O)N1[C@@H](c2ccco2)SC[C@H]1C(=O)O[C@H](C)C(=O)c1cc(C)ccc1C. The highest BCUT2D eigenvalue weighted by atomic mass is 32.2. The molecule has 1 aromatic carbocycles. The van der Waals surface area contributed by atoms with E-state index in [4.69, 9.17) is 9.15 Å². The first kappa shape index (κ1) is 20.2. The molecule has 1 aromatic heterocycles. The summed E-state index contributed by atoms with van der Waals surface area (Å²) in [5, 5.41) is -0.380. The number of esters is 1. The van der Waals surface area contributed by atoms with Gasteiger partial charge in [-0.05, 0) is 44.5 Å². The number of rotatable bonds is 5. The van der Waals surface area contributed by atoms with E-state index in [1.165, 1.54) is 29.8 Å². The van der Waals surface area contributed by atoms with Gasteiger partial charge >= 0.3 is 5.97 Å². The van der Waals surface area contributed by atoms with Gasteiger partial charge in [0.05, 0.1) is 6.26 Å². The molecule has 2 aromatic rings. The Kier molecular flexibility index (Phi) is 5.93. The third-order valence-corrected chi connectivity index (χ3v) is 6.03. The van der Waals surface area contributed by atoms with Crippen LogP contribution in [-0.4, -0.2) is 40.5 Å². The second-order valence-corrected chi connectivity index (χ2v) is 8.02. The first-order valence-corrected chi connectivity index (χ1v) is 10.1. The van der Waals surface area contributed by atoms with Gasteiger partial charge in [0.15, 0.2) is 6.10 Å². The van der Waals surface area contributed by atoms with Crippen LogP contribution in [0.25, 0.3) is 0 Å². The van der Waals surface area contributed by atoms with E-state index in [1.54, 1.807) is 25.1 Å². The van der Waals surface area contributed by atoms with Crippen molar-refractivity contribution in [2.45, 2.75) is 45.2 Å². The monoisotopic (exact) mass is 401 g/mol. The van der Waals surface area contributed by atoms with Crippen LogP contribution in [0.15, 0.2) is 41.0 Å². The van der Waals surface area contributed by atoms with Gasteiger partial charge in [0, 0.05) is 18.2 Å². The molecule has 0 aliphatic carbocycles. The molecule has 28 heavy (non-hydrogen) atoms. The standard InChI is InChI=1S/C21H23NO5S/c1-12-7-8-13(2)16(10-12)19(24)14(3)27-21(25)17-11-28-20(22(17)15(4)23)18-6-5-9-26-18/h5-10,14,17,20H,11H2,1-4H3/t14-,17+,20-/m1/s1. The number of furan rings is 1. The summed E-state index contributed by atoms with van der Waals surface area (Å²) in [6.07, 6.45) is 0.597. The molecular formula is C21H23NO5S. The quantitative estimate of drug-likeness (QED) is 0.562. The minimum absolute atomic E-state index is 0.248. The molecule has 1 fully saturated rings. The van der Waals surface area contributed by atoms with Crippen LogP contribution in [0.3, 0.4) is 0 Å². The Morgan fingerprint density at radius 1 is 1.25 bits per heavy atom. The Bertz CT molecular complexity index is 892. The maximum absolute atomic E-state index is 12.8. The number of carbonyl (C=O) groups is 3. The summed E-state index contributed by atoms with van der Waals surface area (Å²) in [7, 11) is 0. The minimum atomic E-state index is -0.936. The lowest BCUT2D eigenvalue weighted by atomic mass is 9.99. The minimum Gasteiger partial charge on any atom is -0.466 e. The van der Waals surface area contributed by atoms with E-state index >= 15 is 0 Å². The lowest BCUT2D eigenvalue weighted by molar-refractivity contribution is -0.155. The number of aryl methyl sites for hydroxylation is 2. The molecule has 0 radical (unpaired) electrons. The molecule has 1 saturated heterocycles. The maximum Gasteiger partial charge on any atom is 0.330 e. The van der Waals surface area contributed by atoms with Crippen molar-refractivity contribution < 1.29 is 23.5 Å². The van der Waals surface area contributed by atoms with Gasteiger partial charge < -0.3 is 14.1 Å². The van der Waals surface area contributed by atoms with Gasteiger partial charge in [-0.25, -0.2) is 4.79 Å². The predicted molar refractivity (Wildman–Crippen MR) is 106 cm³/mol. The zero-order valence-electron chi connectivity index (χ0n) is 16.3. The highest BCUT2D eigenvalue weighted by Gasteiger charge is 2.43. The molecule has 1 aliphatic rings. The van der Waals surface area contributed by atoms with Crippen LogP contribution in [-0.2, 0) is 14.3 Å². The van der Waals surface area contributed by atoms with Gasteiger partial charge in [0.25, 0.3) is 0 Å². The van der Waals surface area contributed by atoms with Gasteiger partial charge in [0.1, 0.15) is 17.2 Å². The number of hydrogen-bond donors (Lipinski definition) is 0. The van der Waals surface area contributed by atoms with Crippen molar-refractivity contribution in [3.05, 3.63) is 59.0 Å². The van der Waals surface area contributed by atoms with E-state index in [9.17, 15) is 14.4 Å². The number of hydrogen-bond acceptors (Lipinski definition) is 6. The second-order valence-electron chi connectivity index (χ2n) is 6.90. The van der Waals surface area contributed by atoms with Crippen LogP contribution in [0.1, 0.15) is 46.5 Å². The van der Waals surface area contributed by atoms with Crippen LogP contribution in [0, 0.1) is 13.8 Å². The van der Waals surface area contributed by atoms with Crippen molar-refractivity contribution in [2.75, 3.05) is 5.75 Å². The van der Waals surface area contributed by atoms with Crippen molar-refractivity contribution in [3.8, 4) is 0 Å². The summed E-state index contributed by atoms with van der Waals surface area (Å²) in [4.78, 5) is 39.2. The number of ether oxygens (including phenoxy) is 1. The number of Topliss-reactive ketones (excluding diaryl/α,β-unsaturated/α-hetero) is 1. The van der Waals surface area contributed by atoms with Crippen LogP contribution < -0.4 is 0 Å². The third-order valence-electron chi connectivity index (χ3n) is 4.74. The van der Waals surface area contributed by atoms with E-state index in [2.05, 4.69) is 0 Å². The van der Waals surface area contributed by atoms with Crippen molar-refractivity contribution in [2.24, 2.45) is 0 Å². The van der Waals surface area contributed by atoms with Gasteiger partial charge in [-0.2, -0.15) is 0 Å². The average Bonchev–Trinajstić information content (AvgIpc) is 3.31. The van der Waals surface area contributed by atoms with Gasteiger partial charge in [-0.1, -0.05) is 17.7 Å². The normalized spacial score (nSPS) is 20.1. The largest absolute Gasteiger partial charge is 0.466 e. The van der Waals surface area contributed by atoms with E-state index in [0.717, 1.165) is 11.1 Å². The molecule has 2 heterocycles. The molecule has 0 unspecified atom stereocenters. The Morgan fingerprint density at radius 2 is 2.00 bits per heavy atom. The molecule has 6 nitrogen and oxygen atoms in total. The van der Waals surface area contributed by atoms with Crippen molar-refractivity contribution in [1.82, 2.24) is 4.90 Å². The molecule has 0 bridgehead atoms. The van der Waals surface area contributed by atoms with E-state index in [0.29, 0.717) is 17.1 Å². The second kappa shape index (κ2) is 8.22. The molecular weight excluding hydrogens is 378 g/mol. The zero-order valence-corrected chi connectivity index (χ0v) is 17.1. The summed E-state index contributed by atoms with van der Waals surface area (Å²) in [6, 6.07) is 8.35. The first-order chi connectivity index (χ1) is 13.3. The van der Waals surface area contributed by atoms with Crippen LogP contribution in [0.5, 0.6) is 0 Å². The average molecular weight is 401 g/mol. The molecule has 0 saturated carbocycles. The van der Waals surface area contributed by atoms with E-state index in [1.807, 2.05) is 26.0 Å². The van der Waals surface area contributed by atoms with Crippen LogP contribution >= 0.6 is 11.8 Å². The molecule has 7 heteroatoms. The smallest absolute Gasteiger partial charge is 0.330 e. The number of nitrogens with zero attached hydrogens (tertiary/aromatic N) is 1. The Balaban J connectivity index is 1.73. The molecule has 0 N–H and O–H groups in total. The lowest BCUT2D eigenvalue weighted by Crippen LogP contribution is -2.44. The predicted octanol–water partition coefficient (Wildman–Crippen LogP) is 3.67. The fraction of sp³-hybridized carbons (Fsp3) is 0.381. The van der Waals surface area contributed by atoms with Crippen molar-refractivity contribution >= 4 is 29.4 Å². The van der Waals surface area contributed by atoms with Crippen LogP contribution in [0.4, 0.5) is 0 Å².